The number of carbonyl (C=O) groups is 2. The van der Waals surface area contributed by atoms with Gasteiger partial charge in [0.05, 0.1) is 5.92 Å². The zero-order chi connectivity index (χ0) is 16.3. The number of likely N-dealkylation sites (tertiary alicyclic amines) is 1. The van der Waals surface area contributed by atoms with Gasteiger partial charge in [0.1, 0.15) is 5.60 Å². The minimum absolute atomic E-state index is 0.0135. The van der Waals surface area contributed by atoms with Crippen LogP contribution in [0.25, 0.3) is 0 Å². The third-order valence-corrected chi connectivity index (χ3v) is 3.49. The Morgan fingerprint density at radius 1 is 1.23 bits per heavy atom. The second-order valence-corrected chi connectivity index (χ2v) is 6.79. The fraction of sp³-hybridized carbons (Fsp3) is 0.529. The van der Waals surface area contributed by atoms with Gasteiger partial charge < -0.3 is 15.0 Å². The summed E-state index contributed by atoms with van der Waals surface area (Å²) in [4.78, 5) is 25.4. The van der Waals surface area contributed by atoms with E-state index in [0.29, 0.717) is 19.6 Å². The molecule has 1 heterocycles. The third-order valence-electron chi connectivity index (χ3n) is 3.49. The van der Waals surface area contributed by atoms with E-state index in [2.05, 4.69) is 5.32 Å². The zero-order valence-electron chi connectivity index (χ0n) is 13.7. The van der Waals surface area contributed by atoms with Crippen molar-refractivity contribution >= 4 is 12.0 Å². The summed E-state index contributed by atoms with van der Waals surface area (Å²) >= 11 is 0. The Balaban J connectivity index is 1.73. The number of nitrogens with one attached hydrogen (secondary N) is 1. The molecule has 120 valence electrons. The molecule has 1 fully saturated rings. The first-order valence-corrected chi connectivity index (χ1v) is 7.56. The van der Waals surface area contributed by atoms with Gasteiger partial charge in [-0.05, 0) is 33.3 Å². The van der Waals surface area contributed by atoms with Crippen molar-refractivity contribution in [3.63, 3.8) is 0 Å². The Hall–Kier alpha value is -2.04. The normalized spacial score (nSPS) is 15.2. The van der Waals surface area contributed by atoms with E-state index in [-0.39, 0.29) is 17.9 Å². The minimum atomic E-state index is -0.504. The van der Waals surface area contributed by atoms with Crippen molar-refractivity contribution in [1.29, 1.82) is 0 Å². The Morgan fingerprint density at radius 3 is 2.36 bits per heavy atom. The van der Waals surface area contributed by atoms with E-state index in [1.807, 2.05) is 52.0 Å². The lowest BCUT2D eigenvalue weighted by Crippen LogP contribution is -2.56. The summed E-state index contributed by atoms with van der Waals surface area (Å²) in [6.07, 6.45) is -0.352. The van der Waals surface area contributed by atoms with Crippen molar-refractivity contribution in [2.45, 2.75) is 39.8 Å². The van der Waals surface area contributed by atoms with E-state index in [0.717, 1.165) is 5.56 Å². The second-order valence-electron chi connectivity index (χ2n) is 6.79. The Bertz CT molecular complexity index is 540. The number of benzene rings is 1. The largest absolute Gasteiger partial charge is 0.444 e. The number of hydrogen-bond acceptors (Lipinski definition) is 3. The van der Waals surface area contributed by atoms with Crippen molar-refractivity contribution in [2.75, 3.05) is 13.1 Å². The van der Waals surface area contributed by atoms with Crippen LogP contribution >= 0.6 is 0 Å². The van der Waals surface area contributed by atoms with Crippen LogP contribution in [0.5, 0.6) is 0 Å². The van der Waals surface area contributed by atoms with Gasteiger partial charge in [0.2, 0.25) is 5.91 Å². The maximum Gasteiger partial charge on any atom is 0.410 e. The molecule has 0 atom stereocenters. The first kappa shape index (κ1) is 16.3. The molecule has 0 aromatic heterocycles. The highest BCUT2D eigenvalue weighted by molar-refractivity contribution is 5.82. The molecule has 1 N–H and O–H groups in total. The van der Waals surface area contributed by atoms with E-state index < -0.39 is 5.60 Å². The lowest BCUT2D eigenvalue weighted by Gasteiger charge is -2.38. The van der Waals surface area contributed by atoms with Crippen LogP contribution in [-0.2, 0) is 16.1 Å². The first-order valence-electron chi connectivity index (χ1n) is 7.56. The molecule has 22 heavy (non-hydrogen) atoms. The molecule has 0 bridgehead atoms. The molecule has 1 aliphatic heterocycles. The Morgan fingerprint density at radius 2 is 1.82 bits per heavy atom. The zero-order valence-corrected chi connectivity index (χ0v) is 13.7. The highest BCUT2D eigenvalue weighted by Crippen LogP contribution is 2.19. The summed E-state index contributed by atoms with van der Waals surface area (Å²) in [6.45, 7) is 8.89. The quantitative estimate of drug-likeness (QED) is 0.933. The Labute approximate surface area is 131 Å². The predicted octanol–water partition coefficient (Wildman–Crippen LogP) is 2.48. The van der Waals surface area contributed by atoms with E-state index in [1.54, 1.807) is 4.90 Å². The molecule has 2 amide bonds. The van der Waals surface area contributed by atoms with Gasteiger partial charge in [0, 0.05) is 19.6 Å². The van der Waals surface area contributed by atoms with Crippen molar-refractivity contribution in [3.8, 4) is 0 Å². The van der Waals surface area contributed by atoms with Crippen molar-refractivity contribution < 1.29 is 14.3 Å². The molecule has 0 unspecified atom stereocenters. The molecule has 0 aliphatic carbocycles. The van der Waals surface area contributed by atoms with Gasteiger partial charge in [-0.2, -0.15) is 0 Å². The fourth-order valence-electron chi connectivity index (χ4n) is 2.16. The van der Waals surface area contributed by atoms with Crippen molar-refractivity contribution in [1.82, 2.24) is 10.2 Å². The summed E-state index contributed by atoms with van der Waals surface area (Å²) in [5.74, 6) is -0.154. The molecule has 0 spiro atoms. The van der Waals surface area contributed by atoms with Crippen LogP contribution in [0.3, 0.4) is 0 Å². The number of carbonyl (C=O) groups excluding carboxylic acids is 2. The van der Waals surface area contributed by atoms with Gasteiger partial charge in [-0.15, -0.1) is 0 Å². The SMILES string of the molecule is Cc1ccc(CNC(=O)C2CN(C(=O)OC(C)(C)C)C2)cc1. The van der Waals surface area contributed by atoms with Gasteiger partial charge in [-0.3, -0.25) is 4.79 Å². The number of aryl methyl sites for hydroxylation is 1. The molecule has 1 aliphatic rings. The molecular formula is C17H24N2O3. The topological polar surface area (TPSA) is 58.6 Å². The second kappa shape index (κ2) is 6.38. The molecule has 0 radical (unpaired) electrons. The van der Waals surface area contributed by atoms with Gasteiger partial charge in [0.15, 0.2) is 0 Å². The predicted molar refractivity (Wildman–Crippen MR) is 84.3 cm³/mol. The molecule has 0 saturated carbocycles. The van der Waals surface area contributed by atoms with E-state index in [4.69, 9.17) is 4.74 Å². The highest BCUT2D eigenvalue weighted by Gasteiger charge is 2.37. The maximum atomic E-state index is 12.0. The average molecular weight is 304 g/mol. The van der Waals surface area contributed by atoms with Gasteiger partial charge >= 0.3 is 6.09 Å². The van der Waals surface area contributed by atoms with Crippen LogP contribution < -0.4 is 5.32 Å². The summed E-state index contributed by atoms with van der Waals surface area (Å²) in [5, 5.41) is 2.91. The van der Waals surface area contributed by atoms with Crippen LogP contribution in [0.15, 0.2) is 24.3 Å². The molecule has 1 aromatic carbocycles. The molecule has 1 aromatic rings. The smallest absolute Gasteiger partial charge is 0.410 e. The number of nitrogens with zero attached hydrogens (tertiary/aromatic N) is 1. The van der Waals surface area contributed by atoms with E-state index in [9.17, 15) is 9.59 Å². The lowest BCUT2D eigenvalue weighted by atomic mass is 10.00. The van der Waals surface area contributed by atoms with Crippen LogP contribution in [0.1, 0.15) is 31.9 Å². The third kappa shape index (κ3) is 4.48. The first-order chi connectivity index (χ1) is 10.2. The molecule has 2 rings (SSSR count). The van der Waals surface area contributed by atoms with Gasteiger partial charge in [-0.25, -0.2) is 4.79 Å². The van der Waals surface area contributed by atoms with Crippen LogP contribution in [0, 0.1) is 12.8 Å². The molecule has 5 heteroatoms. The standard InChI is InChI=1S/C17H24N2O3/c1-12-5-7-13(8-6-12)9-18-15(20)14-10-19(11-14)16(21)22-17(2,3)4/h5-8,14H,9-11H2,1-4H3,(H,18,20). The monoisotopic (exact) mass is 304 g/mol. The minimum Gasteiger partial charge on any atom is -0.444 e. The van der Waals surface area contributed by atoms with Crippen molar-refractivity contribution in [2.24, 2.45) is 5.92 Å². The van der Waals surface area contributed by atoms with Gasteiger partial charge in [-0.1, -0.05) is 29.8 Å². The summed E-state index contributed by atoms with van der Waals surface area (Å²) < 4.78 is 5.27. The average Bonchev–Trinajstić information content (AvgIpc) is 2.34. The maximum absolute atomic E-state index is 12.0. The number of rotatable bonds is 3. The highest BCUT2D eigenvalue weighted by atomic mass is 16.6. The summed E-state index contributed by atoms with van der Waals surface area (Å²) in [6, 6.07) is 8.05. The number of ether oxygens (including phenoxy) is 1. The van der Waals surface area contributed by atoms with Gasteiger partial charge in [0.25, 0.3) is 0 Å². The Kier molecular flexibility index (Phi) is 4.74. The summed E-state index contributed by atoms with van der Waals surface area (Å²) in [5.41, 5.74) is 1.76. The molecule has 1 saturated heterocycles. The fourth-order valence-corrected chi connectivity index (χ4v) is 2.16. The number of hydrogen-bond donors (Lipinski definition) is 1. The molecular weight excluding hydrogens is 280 g/mol. The van der Waals surface area contributed by atoms with Crippen LogP contribution in [0.2, 0.25) is 0 Å². The van der Waals surface area contributed by atoms with Crippen molar-refractivity contribution in [3.05, 3.63) is 35.4 Å². The van der Waals surface area contributed by atoms with E-state index in [1.165, 1.54) is 5.56 Å². The lowest BCUT2D eigenvalue weighted by molar-refractivity contribution is -0.129. The van der Waals surface area contributed by atoms with Crippen LogP contribution in [-0.4, -0.2) is 35.6 Å². The summed E-state index contributed by atoms with van der Waals surface area (Å²) in [7, 11) is 0. The number of amides is 2. The molecule has 5 nitrogen and oxygen atoms in total. The van der Waals surface area contributed by atoms with Crippen LogP contribution in [0.4, 0.5) is 4.79 Å². The van der Waals surface area contributed by atoms with E-state index >= 15 is 0 Å².